The number of benzene rings is 2. The van der Waals surface area contributed by atoms with Crippen LogP contribution in [0.4, 0.5) is 17.1 Å². The number of hydrogen-bond acceptors (Lipinski definition) is 6. The van der Waals surface area contributed by atoms with Crippen LogP contribution in [0.5, 0.6) is 0 Å². The van der Waals surface area contributed by atoms with Crippen LogP contribution in [0.3, 0.4) is 0 Å². The summed E-state index contributed by atoms with van der Waals surface area (Å²) in [7, 11) is 0. The van der Waals surface area contributed by atoms with Gasteiger partial charge in [0.1, 0.15) is 0 Å². The van der Waals surface area contributed by atoms with Gasteiger partial charge in [-0.15, -0.1) is 5.11 Å². The lowest BCUT2D eigenvalue weighted by molar-refractivity contribution is -0.384. The summed E-state index contributed by atoms with van der Waals surface area (Å²) in [5, 5.41) is 21.1. The molecule has 2 rings (SSSR count). The van der Waals surface area contributed by atoms with E-state index in [0.29, 0.717) is 11.3 Å². The van der Waals surface area contributed by atoms with E-state index in [1.165, 1.54) is 19.1 Å². The number of Topliss-reactive ketones (excluding diaryl/α,β-unsaturated/α-hetero) is 1. The molecular formula is C17H16N4O4. The largest absolute Gasteiger partial charge is 0.324 e. The Labute approximate surface area is 143 Å². The minimum absolute atomic E-state index is 0.0191. The molecule has 0 spiro atoms. The number of para-hydroxylation sites is 1. The number of anilines is 1. The second kappa shape index (κ2) is 7.91. The number of hydrogen-bond donors (Lipinski definition) is 1. The van der Waals surface area contributed by atoms with Gasteiger partial charge in [0.05, 0.1) is 4.92 Å². The molecular weight excluding hydrogens is 324 g/mol. The molecule has 0 aliphatic heterocycles. The summed E-state index contributed by atoms with van der Waals surface area (Å²) in [5.41, 5.74) is 0.940. The summed E-state index contributed by atoms with van der Waals surface area (Å²) in [6.07, 6.45) is 0. The Morgan fingerprint density at radius 3 is 2.44 bits per heavy atom. The fourth-order valence-electron chi connectivity index (χ4n) is 2.03. The van der Waals surface area contributed by atoms with Crippen LogP contribution in [0.2, 0.25) is 0 Å². The summed E-state index contributed by atoms with van der Waals surface area (Å²) in [6, 6.07) is 11.6. The van der Waals surface area contributed by atoms with Crippen molar-refractivity contribution >= 4 is 28.8 Å². The molecule has 1 atom stereocenters. The standard InChI is InChI=1S/C17H16N4O4/c1-11-8-9-14(15(10-11)21(24)25)19-20-16(12(2)22)17(23)18-13-6-4-3-5-7-13/h3-10,16H,1-2H3,(H,18,23)/t16-/m0/s1. The van der Waals surface area contributed by atoms with Gasteiger partial charge in [-0.25, -0.2) is 0 Å². The van der Waals surface area contributed by atoms with E-state index in [1.54, 1.807) is 43.3 Å². The van der Waals surface area contributed by atoms with Gasteiger partial charge >= 0.3 is 0 Å². The number of carbonyl (C=O) groups excluding carboxylic acids is 2. The number of carbonyl (C=O) groups is 2. The van der Waals surface area contributed by atoms with Crippen LogP contribution in [-0.2, 0) is 9.59 Å². The van der Waals surface area contributed by atoms with Gasteiger partial charge in [-0.3, -0.25) is 19.7 Å². The highest BCUT2D eigenvalue weighted by atomic mass is 16.6. The fourth-order valence-corrected chi connectivity index (χ4v) is 2.03. The van der Waals surface area contributed by atoms with E-state index in [1.807, 2.05) is 0 Å². The van der Waals surface area contributed by atoms with Crippen LogP contribution in [0.15, 0.2) is 58.8 Å². The molecule has 0 aliphatic rings. The second-order valence-electron chi connectivity index (χ2n) is 5.33. The summed E-state index contributed by atoms with van der Waals surface area (Å²) in [6.45, 7) is 2.91. The fraction of sp³-hybridized carbons (Fsp3) is 0.176. The van der Waals surface area contributed by atoms with Gasteiger partial charge in [-0.1, -0.05) is 24.3 Å². The monoisotopic (exact) mass is 340 g/mol. The van der Waals surface area contributed by atoms with Crippen molar-refractivity contribution in [1.29, 1.82) is 0 Å². The van der Waals surface area contributed by atoms with E-state index in [9.17, 15) is 19.7 Å². The highest BCUT2D eigenvalue weighted by Crippen LogP contribution is 2.28. The van der Waals surface area contributed by atoms with Gasteiger partial charge in [0, 0.05) is 11.8 Å². The predicted octanol–water partition coefficient (Wildman–Crippen LogP) is 3.58. The quantitative estimate of drug-likeness (QED) is 0.374. The van der Waals surface area contributed by atoms with Crippen LogP contribution >= 0.6 is 0 Å². The lowest BCUT2D eigenvalue weighted by atomic mass is 10.2. The molecule has 0 aromatic heterocycles. The lowest BCUT2D eigenvalue weighted by Gasteiger charge is -2.09. The zero-order chi connectivity index (χ0) is 18.4. The van der Waals surface area contributed by atoms with Gasteiger partial charge in [0.2, 0.25) is 6.04 Å². The first-order chi connectivity index (χ1) is 11.9. The van der Waals surface area contributed by atoms with E-state index in [0.717, 1.165) is 0 Å². The van der Waals surface area contributed by atoms with Gasteiger partial charge in [0.15, 0.2) is 11.5 Å². The smallest absolute Gasteiger partial charge is 0.296 e. The molecule has 2 aromatic rings. The molecule has 0 aliphatic carbocycles. The first kappa shape index (κ1) is 17.9. The first-order valence-corrected chi connectivity index (χ1v) is 7.40. The van der Waals surface area contributed by atoms with Crippen molar-refractivity contribution in [3.8, 4) is 0 Å². The number of nitrogens with zero attached hydrogens (tertiary/aromatic N) is 3. The van der Waals surface area contributed by atoms with Crippen molar-refractivity contribution in [2.45, 2.75) is 19.9 Å². The second-order valence-corrected chi connectivity index (χ2v) is 5.33. The maximum absolute atomic E-state index is 12.2. The molecule has 128 valence electrons. The molecule has 0 saturated carbocycles. The van der Waals surface area contributed by atoms with Gasteiger partial charge < -0.3 is 5.32 Å². The normalized spacial score (nSPS) is 11.9. The van der Waals surface area contributed by atoms with E-state index in [-0.39, 0.29) is 11.4 Å². The molecule has 0 radical (unpaired) electrons. The molecule has 8 nitrogen and oxygen atoms in total. The van der Waals surface area contributed by atoms with Crippen LogP contribution in [0, 0.1) is 17.0 Å². The molecule has 2 aromatic carbocycles. The van der Waals surface area contributed by atoms with Crippen molar-refractivity contribution in [3.63, 3.8) is 0 Å². The molecule has 0 fully saturated rings. The van der Waals surface area contributed by atoms with Crippen LogP contribution < -0.4 is 5.32 Å². The van der Waals surface area contributed by atoms with Crippen molar-refractivity contribution in [2.75, 3.05) is 5.32 Å². The third-order valence-corrected chi connectivity index (χ3v) is 3.28. The van der Waals surface area contributed by atoms with Gasteiger partial charge in [0.25, 0.3) is 11.6 Å². The molecule has 25 heavy (non-hydrogen) atoms. The maximum Gasteiger partial charge on any atom is 0.296 e. The zero-order valence-corrected chi connectivity index (χ0v) is 13.7. The van der Waals surface area contributed by atoms with Crippen molar-refractivity contribution in [3.05, 3.63) is 64.2 Å². The van der Waals surface area contributed by atoms with E-state index >= 15 is 0 Å². The number of nitrogens with one attached hydrogen (secondary N) is 1. The minimum Gasteiger partial charge on any atom is -0.324 e. The summed E-state index contributed by atoms with van der Waals surface area (Å²) >= 11 is 0. The molecule has 0 unspecified atom stereocenters. The Kier molecular flexibility index (Phi) is 5.67. The molecule has 0 saturated heterocycles. The minimum atomic E-state index is -1.39. The number of nitro groups is 1. The molecule has 0 bridgehead atoms. The number of amides is 1. The van der Waals surface area contributed by atoms with E-state index < -0.39 is 22.7 Å². The van der Waals surface area contributed by atoms with E-state index in [2.05, 4.69) is 15.5 Å². The van der Waals surface area contributed by atoms with Crippen LogP contribution in [0.1, 0.15) is 12.5 Å². The molecule has 1 amide bonds. The lowest BCUT2D eigenvalue weighted by Crippen LogP contribution is -2.31. The first-order valence-electron chi connectivity index (χ1n) is 7.40. The topological polar surface area (TPSA) is 114 Å². The Morgan fingerprint density at radius 1 is 1.16 bits per heavy atom. The number of aryl methyl sites for hydroxylation is 1. The average Bonchev–Trinajstić information content (AvgIpc) is 2.56. The zero-order valence-electron chi connectivity index (χ0n) is 13.7. The summed E-state index contributed by atoms with van der Waals surface area (Å²) in [5.74, 6) is -1.18. The van der Waals surface area contributed by atoms with Gasteiger partial charge in [-0.2, -0.15) is 5.11 Å². The highest BCUT2D eigenvalue weighted by molar-refractivity contribution is 6.10. The number of rotatable bonds is 6. The Balaban J connectivity index is 2.25. The summed E-state index contributed by atoms with van der Waals surface area (Å²) < 4.78 is 0. The third kappa shape index (κ3) is 4.77. The van der Waals surface area contributed by atoms with Crippen molar-refractivity contribution in [1.82, 2.24) is 0 Å². The molecule has 1 N–H and O–H groups in total. The molecule has 0 heterocycles. The maximum atomic E-state index is 12.2. The average molecular weight is 340 g/mol. The number of ketones is 1. The Bertz CT molecular complexity index is 834. The Morgan fingerprint density at radius 2 is 1.84 bits per heavy atom. The number of nitro benzene ring substituents is 1. The van der Waals surface area contributed by atoms with Crippen molar-refractivity contribution < 1.29 is 14.5 Å². The molecule has 8 heteroatoms. The highest BCUT2D eigenvalue weighted by Gasteiger charge is 2.24. The SMILES string of the molecule is CC(=O)[C@H](N=Nc1ccc(C)cc1[N+](=O)[O-])C(=O)Nc1ccccc1. The Hall–Kier alpha value is -3.42. The van der Waals surface area contributed by atoms with Crippen LogP contribution in [0.25, 0.3) is 0 Å². The number of azo groups is 1. The third-order valence-electron chi connectivity index (χ3n) is 3.28. The van der Waals surface area contributed by atoms with Crippen molar-refractivity contribution in [2.24, 2.45) is 10.2 Å². The predicted molar refractivity (Wildman–Crippen MR) is 91.9 cm³/mol. The van der Waals surface area contributed by atoms with Crippen LogP contribution in [-0.4, -0.2) is 22.7 Å². The summed E-state index contributed by atoms with van der Waals surface area (Å²) in [4.78, 5) is 34.4. The van der Waals surface area contributed by atoms with Gasteiger partial charge in [-0.05, 0) is 37.6 Å². The van der Waals surface area contributed by atoms with E-state index in [4.69, 9.17) is 0 Å².